The molecule has 1 aromatic heterocycles. The number of hydrogen-bond donors (Lipinski definition) is 1. The van der Waals surface area contributed by atoms with E-state index in [0.717, 1.165) is 19.4 Å². The first kappa shape index (κ1) is 14.5. The lowest BCUT2D eigenvalue weighted by atomic mass is 10.1. The molecule has 2 heterocycles. The number of rotatable bonds is 3. The van der Waals surface area contributed by atoms with Gasteiger partial charge in [0.2, 0.25) is 5.91 Å². The molecule has 0 saturated carbocycles. The first-order valence-electron chi connectivity index (χ1n) is 7.16. The quantitative estimate of drug-likeness (QED) is 0.922. The van der Waals surface area contributed by atoms with Crippen LogP contribution in [-0.2, 0) is 4.79 Å². The van der Waals surface area contributed by atoms with E-state index >= 15 is 0 Å². The van der Waals surface area contributed by atoms with E-state index in [9.17, 15) is 4.79 Å². The van der Waals surface area contributed by atoms with Crippen LogP contribution in [0, 0.1) is 6.92 Å². The van der Waals surface area contributed by atoms with E-state index in [2.05, 4.69) is 31.3 Å². The van der Waals surface area contributed by atoms with Crippen LogP contribution in [0.5, 0.6) is 0 Å². The molecule has 2 unspecified atom stereocenters. The lowest BCUT2D eigenvalue weighted by molar-refractivity contribution is -0.134. The van der Waals surface area contributed by atoms with Gasteiger partial charge in [-0.3, -0.25) is 4.79 Å². The fraction of sp³-hybridized carbons (Fsp3) is 0.667. The molecule has 1 aromatic rings. The summed E-state index contributed by atoms with van der Waals surface area (Å²) in [4.78, 5) is 17.0. The molecule has 1 aliphatic rings. The molecule has 106 valence electrons. The maximum Gasteiger partial charge on any atom is 0.239 e. The minimum atomic E-state index is 0.0102. The van der Waals surface area contributed by atoms with Crippen LogP contribution in [0.4, 0.5) is 0 Å². The summed E-state index contributed by atoms with van der Waals surface area (Å²) in [6.45, 7) is 5.19. The molecule has 1 N–H and O–H groups in total. The zero-order valence-electron chi connectivity index (χ0n) is 12.1. The minimum Gasteiger partial charge on any atom is -0.337 e. The predicted molar refractivity (Wildman–Crippen MR) is 80.5 cm³/mol. The maximum atomic E-state index is 12.5. The molecule has 0 radical (unpaired) electrons. The Morgan fingerprint density at radius 2 is 2.21 bits per heavy atom. The van der Waals surface area contributed by atoms with Gasteiger partial charge in [0.15, 0.2) is 0 Å². The van der Waals surface area contributed by atoms with Crippen LogP contribution in [0.1, 0.15) is 48.4 Å². The molecule has 2 rings (SSSR count). The van der Waals surface area contributed by atoms with Gasteiger partial charge in [0.25, 0.3) is 0 Å². The van der Waals surface area contributed by atoms with Crippen LogP contribution in [0.3, 0.4) is 0 Å². The summed E-state index contributed by atoms with van der Waals surface area (Å²) in [5.74, 6) is 0.237. The third-order valence-corrected chi connectivity index (χ3v) is 5.13. The van der Waals surface area contributed by atoms with E-state index in [1.54, 1.807) is 11.3 Å². The van der Waals surface area contributed by atoms with Gasteiger partial charge in [-0.05, 0) is 45.4 Å². The van der Waals surface area contributed by atoms with Crippen LogP contribution in [0.25, 0.3) is 0 Å². The Bertz CT molecular complexity index is 422. The zero-order chi connectivity index (χ0) is 13.8. The first-order chi connectivity index (χ1) is 9.09. The molecule has 19 heavy (non-hydrogen) atoms. The van der Waals surface area contributed by atoms with Crippen molar-refractivity contribution in [3.8, 4) is 0 Å². The highest BCUT2D eigenvalue weighted by Gasteiger charge is 2.26. The predicted octanol–water partition coefficient (Wildman–Crippen LogP) is 3.11. The van der Waals surface area contributed by atoms with Crippen LogP contribution in [0.2, 0.25) is 0 Å². The zero-order valence-corrected chi connectivity index (χ0v) is 12.9. The molecular weight excluding hydrogens is 256 g/mol. The number of nitrogens with zero attached hydrogens (tertiary/aromatic N) is 1. The van der Waals surface area contributed by atoms with Gasteiger partial charge in [-0.25, -0.2) is 0 Å². The molecule has 1 amide bonds. The van der Waals surface area contributed by atoms with Crippen molar-refractivity contribution in [2.75, 3.05) is 13.6 Å². The number of thiophene rings is 1. The van der Waals surface area contributed by atoms with Gasteiger partial charge >= 0.3 is 0 Å². The second-order valence-corrected chi connectivity index (χ2v) is 6.75. The van der Waals surface area contributed by atoms with Gasteiger partial charge in [-0.2, -0.15) is 0 Å². The van der Waals surface area contributed by atoms with E-state index in [1.165, 1.54) is 22.6 Å². The normalized spacial score (nSPS) is 21.7. The molecule has 1 aliphatic heterocycles. The fourth-order valence-electron chi connectivity index (χ4n) is 2.54. The molecule has 1 saturated heterocycles. The number of likely N-dealkylation sites (N-methyl/N-ethyl adjacent to an activating group) is 1. The van der Waals surface area contributed by atoms with Crippen molar-refractivity contribution in [3.63, 3.8) is 0 Å². The number of aryl methyl sites for hydroxylation is 1. The molecule has 0 bridgehead atoms. The highest BCUT2D eigenvalue weighted by molar-refractivity contribution is 7.12. The van der Waals surface area contributed by atoms with Crippen molar-refractivity contribution in [2.45, 2.75) is 51.6 Å². The van der Waals surface area contributed by atoms with Crippen LogP contribution in [-0.4, -0.2) is 30.4 Å². The number of carbonyl (C=O) groups is 1. The Morgan fingerprint density at radius 3 is 2.89 bits per heavy atom. The molecule has 0 spiro atoms. The maximum absolute atomic E-state index is 12.5. The lowest BCUT2D eigenvalue weighted by Gasteiger charge is -2.28. The number of amides is 1. The van der Waals surface area contributed by atoms with Crippen molar-refractivity contribution in [3.05, 3.63) is 21.9 Å². The van der Waals surface area contributed by atoms with Gasteiger partial charge in [-0.1, -0.05) is 12.8 Å². The van der Waals surface area contributed by atoms with Gasteiger partial charge in [0.1, 0.15) is 0 Å². The summed E-state index contributed by atoms with van der Waals surface area (Å²) in [6.07, 6.45) is 4.55. The Morgan fingerprint density at radius 1 is 1.42 bits per heavy atom. The Kier molecular flexibility index (Phi) is 4.99. The third kappa shape index (κ3) is 3.57. The number of carbonyl (C=O) groups excluding carboxylic acids is 1. The number of nitrogens with one attached hydrogen (secondary N) is 1. The van der Waals surface area contributed by atoms with Crippen molar-refractivity contribution in [1.82, 2.24) is 10.2 Å². The smallest absolute Gasteiger partial charge is 0.239 e. The van der Waals surface area contributed by atoms with E-state index in [1.807, 2.05) is 11.9 Å². The summed E-state index contributed by atoms with van der Waals surface area (Å²) in [5, 5.41) is 3.39. The SMILES string of the molecule is Cc1ccc(C(C)N(C)C(=O)C2CCCCCN2)s1. The highest BCUT2D eigenvalue weighted by atomic mass is 32.1. The lowest BCUT2D eigenvalue weighted by Crippen LogP contribution is -2.45. The van der Waals surface area contributed by atoms with E-state index in [4.69, 9.17) is 0 Å². The third-order valence-electron chi connectivity index (χ3n) is 3.96. The summed E-state index contributed by atoms with van der Waals surface area (Å²) in [5.41, 5.74) is 0. The second kappa shape index (κ2) is 6.53. The summed E-state index contributed by atoms with van der Waals surface area (Å²) in [6, 6.07) is 4.43. The van der Waals surface area contributed by atoms with Crippen molar-refractivity contribution in [2.24, 2.45) is 0 Å². The van der Waals surface area contributed by atoms with Gasteiger partial charge in [0, 0.05) is 16.8 Å². The van der Waals surface area contributed by atoms with Crippen LogP contribution >= 0.6 is 11.3 Å². The van der Waals surface area contributed by atoms with Crippen LogP contribution < -0.4 is 5.32 Å². The number of hydrogen-bond acceptors (Lipinski definition) is 3. The van der Waals surface area contributed by atoms with Gasteiger partial charge in [0.05, 0.1) is 12.1 Å². The molecular formula is C15H24N2OS. The van der Waals surface area contributed by atoms with Crippen molar-refractivity contribution >= 4 is 17.2 Å². The average molecular weight is 280 g/mol. The van der Waals surface area contributed by atoms with Crippen molar-refractivity contribution < 1.29 is 4.79 Å². The Labute approximate surface area is 120 Å². The average Bonchev–Trinajstić information content (AvgIpc) is 2.68. The first-order valence-corrected chi connectivity index (χ1v) is 7.97. The minimum absolute atomic E-state index is 0.0102. The monoisotopic (exact) mass is 280 g/mol. The second-order valence-electron chi connectivity index (χ2n) is 5.43. The van der Waals surface area contributed by atoms with E-state index in [0.29, 0.717) is 0 Å². The topological polar surface area (TPSA) is 32.3 Å². The summed E-state index contributed by atoms with van der Waals surface area (Å²) < 4.78 is 0. The standard InChI is InChI=1S/C15H24N2OS/c1-11-8-9-14(19-11)12(2)17(3)15(18)13-7-5-4-6-10-16-13/h8-9,12-13,16H,4-7,10H2,1-3H3. The highest BCUT2D eigenvalue weighted by Crippen LogP contribution is 2.27. The molecule has 0 aromatic carbocycles. The largest absolute Gasteiger partial charge is 0.337 e. The summed E-state index contributed by atoms with van der Waals surface area (Å²) in [7, 11) is 1.93. The molecule has 2 atom stereocenters. The molecule has 0 aliphatic carbocycles. The van der Waals surface area contributed by atoms with Gasteiger partial charge in [-0.15, -0.1) is 11.3 Å². The molecule has 3 nitrogen and oxygen atoms in total. The van der Waals surface area contributed by atoms with Crippen LogP contribution in [0.15, 0.2) is 12.1 Å². The molecule has 1 fully saturated rings. The van der Waals surface area contributed by atoms with E-state index in [-0.39, 0.29) is 18.0 Å². The summed E-state index contributed by atoms with van der Waals surface area (Å²) >= 11 is 1.78. The van der Waals surface area contributed by atoms with E-state index < -0.39 is 0 Å². The Balaban J connectivity index is 2.01. The van der Waals surface area contributed by atoms with Crippen molar-refractivity contribution in [1.29, 1.82) is 0 Å². The molecule has 4 heteroatoms. The Hall–Kier alpha value is -0.870. The fourth-order valence-corrected chi connectivity index (χ4v) is 3.52. The van der Waals surface area contributed by atoms with Gasteiger partial charge < -0.3 is 10.2 Å².